The lowest BCUT2D eigenvalue weighted by molar-refractivity contribution is 0.0696. The smallest absolute Gasteiger partial charge is 0.336 e. The molecule has 0 bridgehead atoms. The van der Waals surface area contributed by atoms with Gasteiger partial charge in [-0.3, -0.25) is 0 Å². The van der Waals surface area contributed by atoms with Gasteiger partial charge in [-0.1, -0.05) is 43.3 Å². The first kappa shape index (κ1) is 15.1. The van der Waals surface area contributed by atoms with Crippen molar-refractivity contribution < 1.29 is 9.90 Å². The number of rotatable bonds is 6. The van der Waals surface area contributed by atoms with Gasteiger partial charge in [-0.15, -0.1) is 0 Å². The van der Waals surface area contributed by atoms with Crippen LogP contribution in [0.3, 0.4) is 0 Å². The van der Waals surface area contributed by atoms with Crippen LogP contribution in [0.2, 0.25) is 0 Å². The number of hydrogen-bond acceptors (Lipinski definition) is 2. The molecule has 0 saturated heterocycles. The minimum absolute atomic E-state index is 0.287. The number of nitrogens with one attached hydrogen (secondary N) is 1. The Bertz CT molecular complexity index is 608. The SMILES string of the molecule is CCC(Cc1ccccc1)Nc1cccc(C(=O)O)c1C. The first-order chi connectivity index (χ1) is 10.1. The molecule has 0 aliphatic rings. The Labute approximate surface area is 125 Å². The molecule has 1 unspecified atom stereocenters. The first-order valence-electron chi connectivity index (χ1n) is 7.25. The number of carbonyl (C=O) groups is 1. The molecule has 0 saturated carbocycles. The summed E-state index contributed by atoms with van der Waals surface area (Å²) in [5.74, 6) is -0.882. The van der Waals surface area contributed by atoms with Gasteiger partial charge in [0, 0.05) is 11.7 Å². The summed E-state index contributed by atoms with van der Waals surface area (Å²) in [6.07, 6.45) is 1.90. The molecule has 110 valence electrons. The third-order valence-electron chi connectivity index (χ3n) is 3.74. The third kappa shape index (κ3) is 3.85. The van der Waals surface area contributed by atoms with Crippen molar-refractivity contribution in [1.82, 2.24) is 0 Å². The fraction of sp³-hybridized carbons (Fsp3) is 0.278. The molecule has 0 aromatic heterocycles. The van der Waals surface area contributed by atoms with E-state index in [-0.39, 0.29) is 6.04 Å². The number of carboxylic acids is 1. The summed E-state index contributed by atoms with van der Waals surface area (Å²) < 4.78 is 0. The number of aromatic carboxylic acids is 1. The second kappa shape index (κ2) is 6.93. The largest absolute Gasteiger partial charge is 0.478 e. The van der Waals surface area contributed by atoms with Crippen molar-refractivity contribution in [3.05, 3.63) is 65.2 Å². The highest BCUT2D eigenvalue weighted by Crippen LogP contribution is 2.21. The van der Waals surface area contributed by atoms with E-state index in [0.29, 0.717) is 5.56 Å². The van der Waals surface area contributed by atoms with E-state index in [1.165, 1.54) is 5.56 Å². The molecule has 0 aliphatic heterocycles. The summed E-state index contributed by atoms with van der Waals surface area (Å²) in [6, 6.07) is 16.0. The van der Waals surface area contributed by atoms with Gasteiger partial charge < -0.3 is 10.4 Å². The summed E-state index contributed by atoms with van der Waals surface area (Å²) in [7, 11) is 0. The van der Waals surface area contributed by atoms with Gasteiger partial charge in [0.2, 0.25) is 0 Å². The fourth-order valence-electron chi connectivity index (χ4n) is 2.44. The summed E-state index contributed by atoms with van der Waals surface area (Å²) in [6.45, 7) is 3.98. The van der Waals surface area contributed by atoms with E-state index in [2.05, 4.69) is 24.4 Å². The quantitative estimate of drug-likeness (QED) is 0.838. The molecular weight excluding hydrogens is 262 g/mol. The molecule has 0 heterocycles. The highest BCUT2D eigenvalue weighted by atomic mass is 16.4. The van der Waals surface area contributed by atoms with E-state index in [9.17, 15) is 9.90 Å². The van der Waals surface area contributed by atoms with Gasteiger partial charge in [-0.2, -0.15) is 0 Å². The highest BCUT2D eigenvalue weighted by Gasteiger charge is 2.13. The van der Waals surface area contributed by atoms with Crippen molar-refractivity contribution in [2.75, 3.05) is 5.32 Å². The Kier molecular flexibility index (Phi) is 4.99. The van der Waals surface area contributed by atoms with Crippen molar-refractivity contribution in [2.45, 2.75) is 32.7 Å². The molecular formula is C18H21NO2. The molecule has 0 aliphatic carbocycles. The molecule has 0 fully saturated rings. The van der Waals surface area contributed by atoms with E-state index >= 15 is 0 Å². The van der Waals surface area contributed by atoms with Crippen molar-refractivity contribution in [1.29, 1.82) is 0 Å². The molecule has 0 amide bonds. The van der Waals surface area contributed by atoms with Gasteiger partial charge >= 0.3 is 5.97 Å². The van der Waals surface area contributed by atoms with Gasteiger partial charge in [0.05, 0.1) is 5.56 Å². The maximum Gasteiger partial charge on any atom is 0.336 e. The van der Waals surface area contributed by atoms with E-state index in [0.717, 1.165) is 24.1 Å². The van der Waals surface area contributed by atoms with Gasteiger partial charge in [0.25, 0.3) is 0 Å². The van der Waals surface area contributed by atoms with Crippen LogP contribution in [0, 0.1) is 6.92 Å². The molecule has 3 nitrogen and oxygen atoms in total. The summed E-state index contributed by atoms with van der Waals surface area (Å²) in [5, 5.41) is 12.7. The van der Waals surface area contributed by atoms with E-state index in [4.69, 9.17) is 0 Å². The normalized spacial score (nSPS) is 11.9. The monoisotopic (exact) mass is 283 g/mol. The zero-order valence-electron chi connectivity index (χ0n) is 12.5. The fourth-order valence-corrected chi connectivity index (χ4v) is 2.44. The molecule has 2 aromatic carbocycles. The summed E-state index contributed by atoms with van der Waals surface area (Å²) in [5.41, 5.74) is 3.33. The average Bonchev–Trinajstić information content (AvgIpc) is 2.49. The molecule has 2 aromatic rings. The number of carboxylic acid groups (broad SMARTS) is 1. The van der Waals surface area contributed by atoms with E-state index in [1.54, 1.807) is 12.1 Å². The van der Waals surface area contributed by atoms with Crippen molar-refractivity contribution in [3.8, 4) is 0 Å². The van der Waals surface area contributed by atoms with Crippen LogP contribution in [0.4, 0.5) is 5.69 Å². The van der Waals surface area contributed by atoms with Gasteiger partial charge in [0.15, 0.2) is 0 Å². The lowest BCUT2D eigenvalue weighted by Gasteiger charge is -2.20. The zero-order valence-corrected chi connectivity index (χ0v) is 12.5. The predicted octanol–water partition coefficient (Wildman–Crippen LogP) is 4.13. The molecule has 0 radical (unpaired) electrons. The van der Waals surface area contributed by atoms with E-state index < -0.39 is 5.97 Å². The number of hydrogen-bond donors (Lipinski definition) is 2. The molecule has 2 rings (SSSR count). The zero-order chi connectivity index (χ0) is 15.2. The average molecular weight is 283 g/mol. The maximum atomic E-state index is 11.2. The van der Waals surface area contributed by atoms with E-state index in [1.807, 2.05) is 31.2 Å². The Morgan fingerprint density at radius 3 is 2.48 bits per heavy atom. The predicted molar refractivity (Wildman–Crippen MR) is 86.0 cm³/mol. The maximum absolute atomic E-state index is 11.2. The molecule has 3 heteroatoms. The third-order valence-corrected chi connectivity index (χ3v) is 3.74. The number of anilines is 1. The molecule has 0 spiro atoms. The van der Waals surface area contributed by atoms with Gasteiger partial charge in [0.1, 0.15) is 0 Å². The second-order valence-electron chi connectivity index (χ2n) is 5.22. The lowest BCUT2D eigenvalue weighted by atomic mass is 10.0. The Balaban J connectivity index is 2.15. The van der Waals surface area contributed by atoms with Crippen LogP contribution >= 0.6 is 0 Å². The van der Waals surface area contributed by atoms with Crippen molar-refractivity contribution in [3.63, 3.8) is 0 Å². The number of benzene rings is 2. The summed E-state index contributed by atoms with van der Waals surface area (Å²) >= 11 is 0. The van der Waals surface area contributed by atoms with Crippen molar-refractivity contribution in [2.24, 2.45) is 0 Å². The van der Waals surface area contributed by atoms with Crippen LogP contribution in [0.25, 0.3) is 0 Å². The Hall–Kier alpha value is -2.29. The standard InChI is InChI=1S/C18H21NO2/c1-3-15(12-14-8-5-4-6-9-14)19-17-11-7-10-16(13(17)2)18(20)21/h4-11,15,19H,3,12H2,1-2H3,(H,20,21). The highest BCUT2D eigenvalue weighted by molar-refractivity contribution is 5.91. The second-order valence-corrected chi connectivity index (χ2v) is 5.22. The molecule has 21 heavy (non-hydrogen) atoms. The van der Waals surface area contributed by atoms with Gasteiger partial charge in [-0.05, 0) is 43.0 Å². The van der Waals surface area contributed by atoms with Crippen LogP contribution < -0.4 is 5.32 Å². The van der Waals surface area contributed by atoms with Crippen LogP contribution in [-0.4, -0.2) is 17.1 Å². The summed E-state index contributed by atoms with van der Waals surface area (Å²) in [4.78, 5) is 11.2. The van der Waals surface area contributed by atoms with Crippen molar-refractivity contribution >= 4 is 11.7 Å². The van der Waals surface area contributed by atoms with Crippen LogP contribution in [-0.2, 0) is 6.42 Å². The Morgan fingerprint density at radius 1 is 1.14 bits per heavy atom. The minimum Gasteiger partial charge on any atom is -0.478 e. The van der Waals surface area contributed by atoms with Crippen LogP contribution in [0.1, 0.15) is 34.8 Å². The topological polar surface area (TPSA) is 49.3 Å². The Morgan fingerprint density at radius 2 is 1.86 bits per heavy atom. The van der Waals surface area contributed by atoms with Gasteiger partial charge in [-0.25, -0.2) is 4.79 Å². The van der Waals surface area contributed by atoms with Crippen LogP contribution in [0.15, 0.2) is 48.5 Å². The van der Waals surface area contributed by atoms with Crippen LogP contribution in [0.5, 0.6) is 0 Å². The minimum atomic E-state index is -0.882. The molecule has 2 N–H and O–H groups in total. The first-order valence-corrected chi connectivity index (χ1v) is 7.25. The lowest BCUT2D eigenvalue weighted by Crippen LogP contribution is -2.22. The molecule has 1 atom stereocenters.